The molecule has 0 aliphatic carbocycles. The van der Waals surface area contributed by atoms with Crippen LogP contribution in [0, 0.1) is 0 Å². The minimum absolute atomic E-state index is 0.193. The van der Waals surface area contributed by atoms with E-state index in [4.69, 9.17) is 23.2 Å². The van der Waals surface area contributed by atoms with Crippen molar-refractivity contribution in [3.05, 3.63) is 58.1 Å². The van der Waals surface area contributed by atoms with Crippen molar-refractivity contribution in [3.8, 4) is 0 Å². The highest BCUT2D eigenvalue weighted by atomic mass is 35.5. The van der Waals surface area contributed by atoms with Crippen LogP contribution in [0.2, 0.25) is 10.0 Å². The Balaban J connectivity index is 2.06. The number of benzene rings is 2. The molecule has 0 bridgehead atoms. The number of carbonyl (C=O) groups excluding carboxylic acids is 2. The Hall–Kier alpha value is -2.24. The number of nitrogens with one attached hydrogen (secondary N) is 3. The van der Waals surface area contributed by atoms with Crippen molar-refractivity contribution in [2.24, 2.45) is 0 Å². The van der Waals surface area contributed by atoms with Crippen molar-refractivity contribution in [2.45, 2.75) is 13.0 Å². The van der Waals surface area contributed by atoms with Crippen LogP contribution in [-0.4, -0.2) is 24.9 Å². The second-order valence-corrected chi connectivity index (χ2v) is 5.90. The van der Waals surface area contributed by atoms with Crippen LogP contribution in [0.3, 0.4) is 0 Å². The summed E-state index contributed by atoms with van der Waals surface area (Å²) in [6.45, 7) is 1.71. The average Bonchev–Trinajstić information content (AvgIpc) is 2.58. The van der Waals surface area contributed by atoms with Gasteiger partial charge in [-0.2, -0.15) is 0 Å². The van der Waals surface area contributed by atoms with Gasteiger partial charge in [0.05, 0.1) is 15.7 Å². The lowest BCUT2D eigenvalue weighted by molar-refractivity contribution is -0.116. The first kappa shape index (κ1) is 18.1. The molecule has 2 amide bonds. The van der Waals surface area contributed by atoms with E-state index in [-0.39, 0.29) is 11.8 Å². The first-order chi connectivity index (χ1) is 11.4. The average molecular weight is 366 g/mol. The summed E-state index contributed by atoms with van der Waals surface area (Å²) in [6, 6.07) is 11.4. The number of amides is 2. The van der Waals surface area contributed by atoms with E-state index in [1.165, 1.54) is 0 Å². The van der Waals surface area contributed by atoms with E-state index in [1.54, 1.807) is 56.4 Å². The molecular formula is C17H17Cl2N3O2. The van der Waals surface area contributed by atoms with Crippen molar-refractivity contribution in [2.75, 3.05) is 17.7 Å². The second kappa shape index (κ2) is 8.04. The van der Waals surface area contributed by atoms with Gasteiger partial charge in [-0.3, -0.25) is 9.59 Å². The molecule has 2 rings (SSSR count). The molecule has 0 saturated carbocycles. The summed E-state index contributed by atoms with van der Waals surface area (Å²) < 4.78 is 0. The number of hydrogen-bond donors (Lipinski definition) is 3. The third-order valence-corrected chi connectivity index (χ3v) is 4.16. The highest BCUT2D eigenvalue weighted by molar-refractivity contribution is 6.44. The molecule has 0 aliphatic rings. The molecule has 1 unspecified atom stereocenters. The number of carbonyl (C=O) groups is 2. The first-order valence-electron chi connectivity index (χ1n) is 7.26. The molecular weight excluding hydrogens is 349 g/mol. The fourth-order valence-corrected chi connectivity index (χ4v) is 2.40. The van der Waals surface area contributed by atoms with Crippen molar-refractivity contribution in [1.82, 2.24) is 5.32 Å². The predicted molar refractivity (Wildman–Crippen MR) is 98.0 cm³/mol. The maximum atomic E-state index is 12.3. The van der Waals surface area contributed by atoms with Crippen LogP contribution >= 0.6 is 23.2 Å². The van der Waals surface area contributed by atoms with Crippen LogP contribution in [0.4, 0.5) is 11.4 Å². The molecule has 0 heterocycles. The molecule has 0 aromatic heterocycles. The Morgan fingerprint density at radius 2 is 1.79 bits per heavy atom. The summed E-state index contributed by atoms with van der Waals surface area (Å²) in [7, 11) is 1.56. The van der Waals surface area contributed by atoms with E-state index in [9.17, 15) is 9.59 Å². The lowest BCUT2D eigenvalue weighted by Crippen LogP contribution is -2.32. The highest BCUT2D eigenvalue weighted by Crippen LogP contribution is 2.29. The van der Waals surface area contributed by atoms with E-state index < -0.39 is 6.04 Å². The Morgan fingerprint density at radius 3 is 2.50 bits per heavy atom. The molecule has 0 spiro atoms. The highest BCUT2D eigenvalue weighted by Gasteiger charge is 2.15. The topological polar surface area (TPSA) is 70.2 Å². The smallest absolute Gasteiger partial charge is 0.251 e. The van der Waals surface area contributed by atoms with Gasteiger partial charge in [-0.1, -0.05) is 35.3 Å². The van der Waals surface area contributed by atoms with Gasteiger partial charge in [0.25, 0.3) is 5.91 Å². The maximum Gasteiger partial charge on any atom is 0.251 e. The van der Waals surface area contributed by atoms with Crippen LogP contribution < -0.4 is 16.0 Å². The molecule has 7 heteroatoms. The van der Waals surface area contributed by atoms with E-state index in [1.807, 2.05) is 0 Å². The normalized spacial score (nSPS) is 11.5. The lowest BCUT2D eigenvalue weighted by Gasteiger charge is -2.16. The molecule has 5 nitrogen and oxygen atoms in total. The van der Waals surface area contributed by atoms with Crippen molar-refractivity contribution < 1.29 is 9.59 Å². The molecule has 0 fully saturated rings. The van der Waals surface area contributed by atoms with Crippen LogP contribution in [0.25, 0.3) is 0 Å². The zero-order chi connectivity index (χ0) is 17.7. The second-order valence-electron chi connectivity index (χ2n) is 5.12. The molecule has 0 radical (unpaired) electrons. The van der Waals surface area contributed by atoms with E-state index >= 15 is 0 Å². The molecule has 2 aromatic rings. The van der Waals surface area contributed by atoms with Gasteiger partial charge in [0.15, 0.2) is 0 Å². The van der Waals surface area contributed by atoms with Gasteiger partial charge in [0.2, 0.25) is 5.91 Å². The summed E-state index contributed by atoms with van der Waals surface area (Å²) in [5.74, 6) is -0.467. The quantitative estimate of drug-likeness (QED) is 0.754. The van der Waals surface area contributed by atoms with Gasteiger partial charge >= 0.3 is 0 Å². The molecule has 3 N–H and O–H groups in total. The monoisotopic (exact) mass is 365 g/mol. The number of rotatable bonds is 5. The summed E-state index contributed by atoms with van der Waals surface area (Å²) in [5, 5.41) is 8.99. The minimum Gasteiger partial charge on any atom is -0.374 e. The SMILES string of the molecule is CNC(=O)c1cccc(NC(C)C(=O)Nc2cccc(Cl)c2Cl)c1. The van der Waals surface area contributed by atoms with Crippen LogP contribution in [-0.2, 0) is 4.79 Å². The Kier molecular flexibility index (Phi) is 6.06. The van der Waals surface area contributed by atoms with Gasteiger partial charge in [-0.15, -0.1) is 0 Å². The first-order valence-corrected chi connectivity index (χ1v) is 8.01. The number of hydrogen-bond acceptors (Lipinski definition) is 3. The molecule has 1 atom stereocenters. The van der Waals surface area contributed by atoms with Crippen molar-refractivity contribution in [3.63, 3.8) is 0 Å². The van der Waals surface area contributed by atoms with Gasteiger partial charge < -0.3 is 16.0 Å². The summed E-state index contributed by atoms with van der Waals surface area (Å²) >= 11 is 12.0. The van der Waals surface area contributed by atoms with E-state index in [2.05, 4.69) is 16.0 Å². The van der Waals surface area contributed by atoms with Crippen molar-refractivity contribution >= 4 is 46.4 Å². The number of anilines is 2. The zero-order valence-electron chi connectivity index (χ0n) is 13.2. The van der Waals surface area contributed by atoms with Gasteiger partial charge in [-0.05, 0) is 37.3 Å². The van der Waals surface area contributed by atoms with Crippen LogP contribution in [0.5, 0.6) is 0 Å². The summed E-state index contributed by atoms with van der Waals surface area (Å²) in [4.78, 5) is 24.0. The Bertz CT molecular complexity index is 765. The Morgan fingerprint density at radius 1 is 1.08 bits per heavy atom. The van der Waals surface area contributed by atoms with Crippen LogP contribution in [0.15, 0.2) is 42.5 Å². The fraction of sp³-hybridized carbons (Fsp3) is 0.176. The van der Waals surface area contributed by atoms with Gasteiger partial charge in [0.1, 0.15) is 6.04 Å². The molecule has 0 saturated heterocycles. The standard InChI is InChI=1S/C17H17Cl2N3O2/c1-10(16(23)22-14-8-4-7-13(18)15(14)19)21-12-6-3-5-11(9-12)17(24)20-2/h3-10,21H,1-2H3,(H,20,24)(H,22,23). The lowest BCUT2D eigenvalue weighted by atomic mass is 10.1. The van der Waals surface area contributed by atoms with E-state index in [0.717, 1.165) is 0 Å². The number of halogens is 2. The molecule has 24 heavy (non-hydrogen) atoms. The van der Waals surface area contributed by atoms with Crippen LogP contribution in [0.1, 0.15) is 17.3 Å². The van der Waals surface area contributed by atoms with E-state index in [0.29, 0.717) is 27.0 Å². The Labute approximate surface area is 150 Å². The van der Waals surface area contributed by atoms with Gasteiger partial charge in [0, 0.05) is 18.3 Å². The minimum atomic E-state index is -0.542. The molecule has 0 aliphatic heterocycles. The largest absolute Gasteiger partial charge is 0.374 e. The fourth-order valence-electron chi connectivity index (χ4n) is 2.05. The molecule has 2 aromatic carbocycles. The summed E-state index contributed by atoms with van der Waals surface area (Å²) in [6.07, 6.45) is 0. The van der Waals surface area contributed by atoms with Crippen molar-refractivity contribution in [1.29, 1.82) is 0 Å². The predicted octanol–water partition coefficient (Wildman–Crippen LogP) is 3.79. The molecule has 126 valence electrons. The third-order valence-electron chi connectivity index (χ3n) is 3.34. The zero-order valence-corrected chi connectivity index (χ0v) is 14.7. The summed E-state index contributed by atoms with van der Waals surface area (Å²) in [5.41, 5.74) is 1.62. The maximum absolute atomic E-state index is 12.3. The van der Waals surface area contributed by atoms with Gasteiger partial charge in [-0.25, -0.2) is 0 Å². The third kappa shape index (κ3) is 4.40.